The van der Waals surface area contributed by atoms with Gasteiger partial charge >= 0.3 is 0 Å². The smallest absolute Gasteiger partial charge is 0.123 e. The predicted molar refractivity (Wildman–Crippen MR) is 122 cm³/mol. The first-order valence-corrected chi connectivity index (χ1v) is 11.0. The lowest BCUT2D eigenvalue weighted by atomic mass is 10.0. The molecule has 0 saturated carbocycles. The number of piperidine rings is 1. The highest BCUT2D eigenvalue weighted by atomic mass is 19.1. The Morgan fingerprint density at radius 2 is 1.70 bits per heavy atom. The molecule has 1 unspecified atom stereocenters. The van der Waals surface area contributed by atoms with E-state index in [1.807, 2.05) is 24.3 Å². The van der Waals surface area contributed by atoms with Crippen LogP contribution in [0.25, 0.3) is 6.08 Å². The molecule has 2 fully saturated rings. The van der Waals surface area contributed by atoms with E-state index in [0.717, 1.165) is 50.7 Å². The van der Waals surface area contributed by atoms with Gasteiger partial charge in [0.2, 0.25) is 0 Å². The monoisotopic (exact) mass is 409 g/mol. The molecule has 5 heteroatoms. The highest BCUT2D eigenvalue weighted by Gasteiger charge is 2.27. The lowest BCUT2D eigenvalue weighted by Crippen LogP contribution is -2.55. The van der Waals surface area contributed by atoms with E-state index in [4.69, 9.17) is 4.74 Å². The van der Waals surface area contributed by atoms with Gasteiger partial charge in [0.15, 0.2) is 0 Å². The number of anilines is 1. The number of rotatable bonds is 6. The number of piperazine rings is 1. The van der Waals surface area contributed by atoms with Gasteiger partial charge in [0.1, 0.15) is 11.6 Å². The number of hydrogen-bond donors (Lipinski definition) is 0. The second-order valence-electron chi connectivity index (χ2n) is 8.23. The van der Waals surface area contributed by atoms with Gasteiger partial charge in [-0.15, -0.1) is 0 Å². The number of methoxy groups -OCH3 is 1. The number of benzene rings is 2. The van der Waals surface area contributed by atoms with Gasteiger partial charge in [-0.1, -0.05) is 24.3 Å². The standard InChI is InChI=1S/C25H32FN3O/c1-30-25-12-6-21(7-13-25)4-2-14-27-15-3-5-24(20-27)29-18-16-28(17-19-29)23-10-8-22(26)9-11-23/h2,4,6-13,24H,3,5,14-20H2,1H3/b4-2+. The minimum Gasteiger partial charge on any atom is -0.497 e. The zero-order valence-electron chi connectivity index (χ0n) is 17.8. The van der Waals surface area contributed by atoms with Crippen LogP contribution in [-0.4, -0.2) is 68.8 Å². The maximum atomic E-state index is 13.2. The third-order valence-corrected chi connectivity index (χ3v) is 6.29. The van der Waals surface area contributed by atoms with Gasteiger partial charge in [0.05, 0.1) is 7.11 Å². The average Bonchev–Trinajstić information content (AvgIpc) is 2.80. The second kappa shape index (κ2) is 10.1. The highest BCUT2D eigenvalue weighted by molar-refractivity contribution is 5.50. The molecule has 0 spiro atoms. The van der Waals surface area contributed by atoms with Crippen LogP contribution in [0.3, 0.4) is 0 Å². The molecule has 0 radical (unpaired) electrons. The van der Waals surface area contributed by atoms with E-state index in [-0.39, 0.29) is 5.82 Å². The molecule has 0 aromatic heterocycles. The molecule has 2 aromatic rings. The molecule has 0 N–H and O–H groups in total. The van der Waals surface area contributed by atoms with E-state index in [9.17, 15) is 4.39 Å². The first-order chi connectivity index (χ1) is 14.7. The van der Waals surface area contributed by atoms with Gasteiger partial charge in [-0.25, -0.2) is 4.39 Å². The minimum atomic E-state index is -0.166. The zero-order valence-corrected chi connectivity index (χ0v) is 17.8. The quantitative estimate of drug-likeness (QED) is 0.714. The molecule has 2 saturated heterocycles. The Labute approximate surface area is 179 Å². The normalized spacial score (nSPS) is 21.3. The van der Waals surface area contributed by atoms with Gasteiger partial charge in [-0.3, -0.25) is 9.80 Å². The third-order valence-electron chi connectivity index (χ3n) is 6.29. The van der Waals surface area contributed by atoms with Crippen LogP contribution < -0.4 is 9.64 Å². The van der Waals surface area contributed by atoms with Crippen molar-refractivity contribution < 1.29 is 9.13 Å². The van der Waals surface area contributed by atoms with Crippen molar-refractivity contribution in [1.29, 1.82) is 0 Å². The largest absolute Gasteiger partial charge is 0.497 e. The molecule has 0 amide bonds. The van der Waals surface area contributed by atoms with Crippen molar-refractivity contribution in [3.05, 3.63) is 66.0 Å². The molecule has 30 heavy (non-hydrogen) atoms. The van der Waals surface area contributed by atoms with Crippen molar-refractivity contribution in [2.45, 2.75) is 18.9 Å². The summed E-state index contributed by atoms with van der Waals surface area (Å²) >= 11 is 0. The maximum Gasteiger partial charge on any atom is 0.123 e. The Morgan fingerprint density at radius 3 is 2.40 bits per heavy atom. The van der Waals surface area contributed by atoms with E-state index < -0.39 is 0 Å². The molecule has 0 bridgehead atoms. The summed E-state index contributed by atoms with van der Waals surface area (Å²) in [6.45, 7) is 7.51. The Bertz CT molecular complexity index is 813. The van der Waals surface area contributed by atoms with Crippen molar-refractivity contribution in [2.75, 3.05) is 57.8 Å². The van der Waals surface area contributed by atoms with Crippen molar-refractivity contribution in [3.63, 3.8) is 0 Å². The molecule has 1 atom stereocenters. The summed E-state index contributed by atoms with van der Waals surface area (Å²) < 4.78 is 18.4. The average molecular weight is 410 g/mol. The van der Waals surface area contributed by atoms with E-state index in [1.54, 1.807) is 19.2 Å². The fraction of sp³-hybridized carbons (Fsp3) is 0.440. The Kier molecular flexibility index (Phi) is 7.03. The van der Waals surface area contributed by atoms with Gasteiger partial charge in [0, 0.05) is 51.0 Å². The predicted octanol–water partition coefficient (Wildman–Crippen LogP) is 4.13. The number of hydrogen-bond acceptors (Lipinski definition) is 4. The van der Waals surface area contributed by atoms with E-state index in [1.165, 1.54) is 24.9 Å². The molecule has 160 valence electrons. The van der Waals surface area contributed by atoms with E-state index in [0.29, 0.717) is 6.04 Å². The summed E-state index contributed by atoms with van der Waals surface area (Å²) in [4.78, 5) is 7.59. The van der Waals surface area contributed by atoms with Gasteiger partial charge in [-0.05, 0) is 61.3 Å². The number of halogens is 1. The summed E-state index contributed by atoms with van der Waals surface area (Å²) in [7, 11) is 1.69. The molecule has 2 aromatic carbocycles. The van der Waals surface area contributed by atoms with Crippen LogP contribution in [0.5, 0.6) is 5.75 Å². The summed E-state index contributed by atoms with van der Waals surface area (Å²) in [5.74, 6) is 0.728. The fourth-order valence-electron chi connectivity index (χ4n) is 4.55. The Hall–Kier alpha value is -2.37. The summed E-state index contributed by atoms with van der Waals surface area (Å²) in [5.41, 5.74) is 2.34. The van der Waals surface area contributed by atoms with Crippen LogP contribution in [0.4, 0.5) is 10.1 Å². The van der Waals surface area contributed by atoms with Crippen LogP contribution in [0.1, 0.15) is 18.4 Å². The molecule has 4 rings (SSSR count). The van der Waals surface area contributed by atoms with Crippen LogP contribution in [0.2, 0.25) is 0 Å². The van der Waals surface area contributed by atoms with E-state index >= 15 is 0 Å². The van der Waals surface area contributed by atoms with Crippen molar-refractivity contribution >= 4 is 11.8 Å². The van der Waals surface area contributed by atoms with Crippen molar-refractivity contribution in [1.82, 2.24) is 9.80 Å². The minimum absolute atomic E-state index is 0.166. The summed E-state index contributed by atoms with van der Waals surface area (Å²) in [6, 6.07) is 15.7. The SMILES string of the molecule is COc1ccc(/C=C/CN2CCCC(N3CCN(c4ccc(F)cc4)CC3)C2)cc1. The lowest BCUT2D eigenvalue weighted by molar-refractivity contribution is 0.0991. The molecule has 0 aliphatic carbocycles. The molecule has 2 aliphatic heterocycles. The van der Waals surface area contributed by atoms with Gasteiger partial charge in [0.25, 0.3) is 0 Å². The molecule has 4 nitrogen and oxygen atoms in total. The highest BCUT2D eigenvalue weighted by Crippen LogP contribution is 2.21. The van der Waals surface area contributed by atoms with Gasteiger partial charge < -0.3 is 9.64 Å². The molecule has 2 aliphatic rings. The third kappa shape index (κ3) is 5.41. The Morgan fingerprint density at radius 1 is 0.967 bits per heavy atom. The second-order valence-corrected chi connectivity index (χ2v) is 8.23. The summed E-state index contributed by atoms with van der Waals surface area (Å²) in [5, 5.41) is 0. The first-order valence-electron chi connectivity index (χ1n) is 11.0. The number of ether oxygens (including phenoxy) is 1. The fourth-order valence-corrected chi connectivity index (χ4v) is 4.55. The summed E-state index contributed by atoms with van der Waals surface area (Å²) in [6.07, 6.45) is 7.02. The van der Waals surface area contributed by atoms with Gasteiger partial charge in [-0.2, -0.15) is 0 Å². The molecule has 2 heterocycles. The van der Waals surface area contributed by atoms with Crippen LogP contribution in [0.15, 0.2) is 54.6 Å². The zero-order chi connectivity index (χ0) is 20.8. The number of nitrogens with zero attached hydrogens (tertiary/aromatic N) is 3. The van der Waals surface area contributed by atoms with Crippen LogP contribution >= 0.6 is 0 Å². The lowest BCUT2D eigenvalue weighted by Gasteiger charge is -2.43. The van der Waals surface area contributed by atoms with Crippen LogP contribution in [0, 0.1) is 5.82 Å². The molecular formula is C25H32FN3O. The van der Waals surface area contributed by atoms with E-state index in [2.05, 4.69) is 39.0 Å². The topological polar surface area (TPSA) is 19.0 Å². The van der Waals surface area contributed by atoms with Crippen molar-refractivity contribution in [2.24, 2.45) is 0 Å². The van der Waals surface area contributed by atoms with Crippen molar-refractivity contribution in [3.8, 4) is 5.75 Å². The maximum absolute atomic E-state index is 13.2. The molecular weight excluding hydrogens is 377 g/mol. The van der Waals surface area contributed by atoms with Crippen LogP contribution in [-0.2, 0) is 0 Å². The Balaban J connectivity index is 1.24. The number of likely N-dealkylation sites (tertiary alicyclic amines) is 1. The first kappa shape index (κ1) is 20.9.